The van der Waals surface area contributed by atoms with Crippen LogP contribution in [0.3, 0.4) is 0 Å². The van der Waals surface area contributed by atoms with Gasteiger partial charge in [0.15, 0.2) is 0 Å². The van der Waals surface area contributed by atoms with Gasteiger partial charge in [0.05, 0.1) is 6.10 Å². The summed E-state index contributed by atoms with van der Waals surface area (Å²) in [7, 11) is 0. The molecule has 0 spiro atoms. The number of halogens is 1. The Bertz CT molecular complexity index is 367. The molecule has 1 N–H and O–H groups in total. The Hall–Kier alpha value is -0.380. The largest absolute Gasteiger partial charge is 0.377 e. The van der Waals surface area contributed by atoms with Gasteiger partial charge in [0.1, 0.15) is 0 Å². The van der Waals surface area contributed by atoms with Crippen LogP contribution in [0.5, 0.6) is 0 Å². The molecule has 16 heavy (non-hydrogen) atoms. The van der Waals surface area contributed by atoms with Crippen molar-refractivity contribution in [3.8, 4) is 0 Å². The van der Waals surface area contributed by atoms with Gasteiger partial charge < -0.3 is 10.1 Å². The normalized spacial score (nSPS) is 24.9. The summed E-state index contributed by atoms with van der Waals surface area (Å²) in [4.78, 5) is 0. The van der Waals surface area contributed by atoms with E-state index in [0.717, 1.165) is 24.0 Å². The highest BCUT2D eigenvalue weighted by Gasteiger charge is 2.23. The van der Waals surface area contributed by atoms with Crippen LogP contribution < -0.4 is 5.32 Å². The van der Waals surface area contributed by atoms with Gasteiger partial charge in [0.2, 0.25) is 0 Å². The summed E-state index contributed by atoms with van der Waals surface area (Å²) in [5.74, 6) is 0. The van der Waals surface area contributed by atoms with E-state index >= 15 is 0 Å². The molecule has 2 rings (SSSR count). The Morgan fingerprint density at radius 2 is 2.31 bits per heavy atom. The molecule has 1 aliphatic heterocycles. The van der Waals surface area contributed by atoms with Crippen LogP contribution in [-0.2, 0) is 11.3 Å². The maximum Gasteiger partial charge on any atom is 0.0700 e. The van der Waals surface area contributed by atoms with E-state index in [1.807, 2.05) is 0 Å². The lowest BCUT2D eigenvalue weighted by molar-refractivity contribution is 0.113. The van der Waals surface area contributed by atoms with Crippen molar-refractivity contribution >= 4 is 15.9 Å². The summed E-state index contributed by atoms with van der Waals surface area (Å²) in [6.07, 6.45) is 1.47. The Labute approximate surface area is 106 Å². The highest BCUT2D eigenvalue weighted by Crippen LogP contribution is 2.17. The standard InChI is InChI=1S/C13H18BrNO/c1-9-7-12(14)4-3-11(9)8-15-13-5-6-16-10(13)2/h3-4,7,10,13,15H,5-6,8H2,1-2H3. The van der Waals surface area contributed by atoms with Gasteiger partial charge in [0.25, 0.3) is 0 Å². The fraction of sp³-hybridized carbons (Fsp3) is 0.538. The van der Waals surface area contributed by atoms with Crippen molar-refractivity contribution in [2.24, 2.45) is 0 Å². The molecule has 1 aromatic carbocycles. The summed E-state index contributed by atoms with van der Waals surface area (Å²) in [6, 6.07) is 6.93. The molecule has 1 heterocycles. The third kappa shape index (κ3) is 2.84. The molecule has 1 aliphatic rings. The first kappa shape index (κ1) is 12.1. The fourth-order valence-electron chi connectivity index (χ4n) is 2.10. The van der Waals surface area contributed by atoms with Crippen molar-refractivity contribution in [3.63, 3.8) is 0 Å². The van der Waals surface area contributed by atoms with Crippen LogP contribution >= 0.6 is 15.9 Å². The number of hydrogen-bond acceptors (Lipinski definition) is 2. The fourth-order valence-corrected chi connectivity index (χ4v) is 2.57. The number of benzene rings is 1. The Morgan fingerprint density at radius 3 is 2.94 bits per heavy atom. The first-order valence-corrected chi connectivity index (χ1v) is 6.56. The Balaban J connectivity index is 1.94. The zero-order valence-corrected chi connectivity index (χ0v) is 11.4. The number of nitrogens with one attached hydrogen (secondary N) is 1. The smallest absolute Gasteiger partial charge is 0.0700 e. The van der Waals surface area contributed by atoms with Gasteiger partial charge in [-0.1, -0.05) is 22.0 Å². The predicted molar refractivity (Wildman–Crippen MR) is 69.5 cm³/mol. The third-order valence-corrected chi connectivity index (χ3v) is 3.73. The molecule has 0 radical (unpaired) electrons. The van der Waals surface area contributed by atoms with E-state index in [2.05, 4.69) is 53.3 Å². The Morgan fingerprint density at radius 1 is 1.50 bits per heavy atom. The molecule has 0 amide bonds. The first-order valence-electron chi connectivity index (χ1n) is 5.77. The second-order valence-electron chi connectivity index (χ2n) is 4.42. The van der Waals surface area contributed by atoms with Gasteiger partial charge >= 0.3 is 0 Å². The molecule has 1 saturated heterocycles. The van der Waals surface area contributed by atoms with Crippen molar-refractivity contribution in [2.75, 3.05) is 6.61 Å². The number of hydrogen-bond donors (Lipinski definition) is 1. The van der Waals surface area contributed by atoms with E-state index in [0.29, 0.717) is 12.1 Å². The van der Waals surface area contributed by atoms with Gasteiger partial charge in [-0.3, -0.25) is 0 Å². The van der Waals surface area contributed by atoms with Crippen molar-refractivity contribution < 1.29 is 4.74 Å². The average molecular weight is 284 g/mol. The van der Waals surface area contributed by atoms with Crippen molar-refractivity contribution in [1.29, 1.82) is 0 Å². The van der Waals surface area contributed by atoms with Gasteiger partial charge in [-0.15, -0.1) is 0 Å². The molecule has 2 atom stereocenters. The number of aryl methyl sites for hydroxylation is 1. The topological polar surface area (TPSA) is 21.3 Å². The molecule has 3 heteroatoms. The molecule has 0 bridgehead atoms. The van der Waals surface area contributed by atoms with E-state index in [1.165, 1.54) is 11.1 Å². The summed E-state index contributed by atoms with van der Waals surface area (Å²) in [6.45, 7) is 6.10. The van der Waals surface area contributed by atoms with Crippen LogP contribution in [0.2, 0.25) is 0 Å². The van der Waals surface area contributed by atoms with Crippen molar-refractivity contribution in [1.82, 2.24) is 5.32 Å². The molecular formula is C13H18BrNO. The van der Waals surface area contributed by atoms with Gasteiger partial charge in [-0.05, 0) is 43.5 Å². The molecule has 1 aromatic rings. The second kappa shape index (κ2) is 5.30. The third-order valence-electron chi connectivity index (χ3n) is 3.24. The van der Waals surface area contributed by atoms with Crippen molar-refractivity contribution in [2.45, 2.75) is 39.0 Å². The SMILES string of the molecule is Cc1cc(Br)ccc1CNC1CCOC1C. The van der Waals surface area contributed by atoms with Crippen LogP contribution in [-0.4, -0.2) is 18.8 Å². The number of ether oxygens (including phenoxy) is 1. The molecular weight excluding hydrogens is 266 g/mol. The molecule has 0 saturated carbocycles. The van der Waals surface area contributed by atoms with Crippen LogP contribution in [0.25, 0.3) is 0 Å². The lowest BCUT2D eigenvalue weighted by atomic mass is 10.1. The van der Waals surface area contributed by atoms with Crippen LogP contribution in [0.15, 0.2) is 22.7 Å². The molecule has 0 aromatic heterocycles. The van der Waals surface area contributed by atoms with E-state index in [4.69, 9.17) is 4.74 Å². The first-order chi connectivity index (χ1) is 7.66. The van der Waals surface area contributed by atoms with E-state index in [9.17, 15) is 0 Å². The number of rotatable bonds is 3. The molecule has 88 valence electrons. The van der Waals surface area contributed by atoms with Gasteiger partial charge in [-0.2, -0.15) is 0 Å². The summed E-state index contributed by atoms with van der Waals surface area (Å²) >= 11 is 3.48. The Kier molecular flexibility index (Phi) is 4.00. The van der Waals surface area contributed by atoms with Gasteiger partial charge in [-0.25, -0.2) is 0 Å². The maximum absolute atomic E-state index is 5.53. The lowest BCUT2D eigenvalue weighted by Crippen LogP contribution is -2.34. The predicted octanol–water partition coefficient (Wildman–Crippen LogP) is 3.02. The van der Waals surface area contributed by atoms with Crippen molar-refractivity contribution in [3.05, 3.63) is 33.8 Å². The lowest BCUT2D eigenvalue weighted by Gasteiger charge is -2.17. The van der Waals surface area contributed by atoms with Crippen LogP contribution in [0.4, 0.5) is 0 Å². The minimum absolute atomic E-state index is 0.343. The summed E-state index contributed by atoms with van der Waals surface area (Å²) < 4.78 is 6.68. The highest BCUT2D eigenvalue weighted by atomic mass is 79.9. The zero-order chi connectivity index (χ0) is 11.5. The molecule has 2 unspecified atom stereocenters. The minimum Gasteiger partial charge on any atom is -0.377 e. The average Bonchev–Trinajstić information content (AvgIpc) is 2.63. The maximum atomic E-state index is 5.53. The molecule has 2 nitrogen and oxygen atoms in total. The monoisotopic (exact) mass is 283 g/mol. The van der Waals surface area contributed by atoms with Gasteiger partial charge in [0, 0.05) is 23.7 Å². The van der Waals surface area contributed by atoms with E-state index in [1.54, 1.807) is 0 Å². The zero-order valence-electron chi connectivity index (χ0n) is 9.79. The highest BCUT2D eigenvalue weighted by molar-refractivity contribution is 9.10. The van der Waals surface area contributed by atoms with E-state index in [-0.39, 0.29) is 0 Å². The quantitative estimate of drug-likeness (QED) is 0.921. The van der Waals surface area contributed by atoms with Crippen LogP contribution in [0, 0.1) is 6.92 Å². The molecule has 1 fully saturated rings. The molecule has 0 aliphatic carbocycles. The van der Waals surface area contributed by atoms with E-state index < -0.39 is 0 Å². The second-order valence-corrected chi connectivity index (χ2v) is 5.34. The summed E-state index contributed by atoms with van der Waals surface area (Å²) in [5, 5.41) is 3.57. The summed E-state index contributed by atoms with van der Waals surface area (Å²) in [5.41, 5.74) is 2.69. The minimum atomic E-state index is 0.343. The van der Waals surface area contributed by atoms with Crippen LogP contribution in [0.1, 0.15) is 24.5 Å².